The predicted octanol–water partition coefficient (Wildman–Crippen LogP) is 2.80. The molecule has 2 aromatic rings. The molecule has 0 radical (unpaired) electrons. The maximum Gasteiger partial charge on any atom is 0.196 e. The van der Waals surface area contributed by atoms with Gasteiger partial charge in [0.2, 0.25) is 0 Å². The van der Waals surface area contributed by atoms with Gasteiger partial charge in [-0.25, -0.2) is 8.78 Å². The van der Waals surface area contributed by atoms with Crippen LogP contribution in [0.3, 0.4) is 0 Å². The molecule has 5 heteroatoms. The van der Waals surface area contributed by atoms with E-state index in [1.165, 1.54) is 12.3 Å². The Morgan fingerprint density at radius 3 is 2.72 bits per heavy atom. The monoisotopic (exact) mass is 250 g/mol. The van der Waals surface area contributed by atoms with Crippen molar-refractivity contribution in [3.05, 3.63) is 53.4 Å². The summed E-state index contributed by atoms with van der Waals surface area (Å²) < 4.78 is 27.4. The zero-order valence-corrected chi connectivity index (χ0v) is 9.86. The average Bonchev–Trinajstić information content (AvgIpc) is 2.81. The van der Waals surface area contributed by atoms with Gasteiger partial charge in [-0.2, -0.15) is 5.10 Å². The molecule has 0 unspecified atom stereocenters. The van der Waals surface area contributed by atoms with E-state index < -0.39 is 11.6 Å². The van der Waals surface area contributed by atoms with Crippen LogP contribution in [0.4, 0.5) is 8.78 Å². The van der Waals surface area contributed by atoms with Crippen molar-refractivity contribution in [3.8, 4) is 0 Å². The molecule has 0 aliphatic rings. The van der Waals surface area contributed by atoms with Gasteiger partial charge in [0.25, 0.3) is 0 Å². The van der Waals surface area contributed by atoms with Crippen molar-refractivity contribution in [3.63, 3.8) is 0 Å². The summed E-state index contributed by atoms with van der Waals surface area (Å²) >= 11 is 0. The van der Waals surface area contributed by atoms with Crippen LogP contribution < -0.4 is 0 Å². The fourth-order valence-electron chi connectivity index (χ4n) is 1.64. The second-order valence-corrected chi connectivity index (χ2v) is 3.95. The molecule has 0 aliphatic carbocycles. The van der Waals surface area contributed by atoms with Crippen LogP contribution >= 0.6 is 0 Å². The summed E-state index contributed by atoms with van der Waals surface area (Å²) in [4.78, 5) is 12.0. The molecule has 0 N–H and O–H groups in total. The summed E-state index contributed by atoms with van der Waals surface area (Å²) in [5, 5.41) is 4.02. The zero-order valence-electron chi connectivity index (χ0n) is 9.86. The molecule has 0 atom stereocenters. The third-order valence-electron chi connectivity index (χ3n) is 2.53. The van der Waals surface area contributed by atoms with Crippen molar-refractivity contribution < 1.29 is 13.6 Å². The van der Waals surface area contributed by atoms with Crippen molar-refractivity contribution in [2.75, 3.05) is 0 Å². The Labute approximate surface area is 103 Å². The predicted molar refractivity (Wildman–Crippen MR) is 62.3 cm³/mol. The lowest BCUT2D eigenvalue weighted by atomic mass is 10.1. The van der Waals surface area contributed by atoms with Crippen molar-refractivity contribution in [2.24, 2.45) is 0 Å². The Bertz CT molecular complexity index is 578. The second kappa shape index (κ2) is 5.08. The average molecular weight is 250 g/mol. The molecule has 18 heavy (non-hydrogen) atoms. The lowest BCUT2D eigenvalue weighted by molar-refractivity contribution is 0.103. The van der Waals surface area contributed by atoms with Crippen LogP contribution in [0.15, 0.2) is 30.6 Å². The zero-order chi connectivity index (χ0) is 13.1. The number of ketones is 1. The molecular weight excluding hydrogens is 238 g/mol. The van der Waals surface area contributed by atoms with Gasteiger partial charge in [0, 0.05) is 18.3 Å². The van der Waals surface area contributed by atoms with Crippen LogP contribution in [0.2, 0.25) is 0 Å². The molecule has 0 fully saturated rings. The smallest absolute Gasteiger partial charge is 0.196 e. The number of nitrogens with zero attached hydrogens (tertiary/aromatic N) is 2. The summed E-state index contributed by atoms with van der Waals surface area (Å²) in [6.07, 6.45) is 3.94. The number of carbonyl (C=O) groups excluding carboxylic acids is 1. The van der Waals surface area contributed by atoms with Crippen molar-refractivity contribution in [2.45, 2.75) is 19.9 Å². The highest BCUT2D eigenvalue weighted by molar-refractivity contribution is 6.08. The van der Waals surface area contributed by atoms with Gasteiger partial charge in [-0.05, 0) is 24.6 Å². The second-order valence-electron chi connectivity index (χ2n) is 3.95. The van der Waals surface area contributed by atoms with Crippen LogP contribution in [0.25, 0.3) is 0 Å². The van der Waals surface area contributed by atoms with E-state index in [4.69, 9.17) is 0 Å². The summed E-state index contributed by atoms with van der Waals surface area (Å²) in [5.74, 6) is -2.36. The largest absolute Gasteiger partial charge is 0.288 e. The number of halogens is 2. The van der Waals surface area contributed by atoms with Gasteiger partial charge in [0.05, 0.1) is 11.8 Å². The first-order valence-corrected chi connectivity index (χ1v) is 5.64. The van der Waals surface area contributed by atoms with E-state index in [1.807, 2.05) is 6.92 Å². The van der Waals surface area contributed by atoms with Crippen LogP contribution in [-0.2, 0) is 6.54 Å². The van der Waals surface area contributed by atoms with Crippen molar-refractivity contribution in [1.82, 2.24) is 9.78 Å². The van der Waals surface area contributed by atoms with Gasteiger partial charge >= 0.3 is 0 Å². The standard InChI is InChI=1S/C13H12F2N2O/c1-2-5-17-8-10(7-16-17)13(18)9-3-4-11(14)12(15)6-9/h3-4,6-8H,2,5H2,1H3. The molecule has 1 heterocycles. The minimum Gasteiger partial charge on any atom is -0.288 e. The number of benzene rings is 1. The number of rotatable bonds is 4. The molecular formula is C13H12F2N2O. The lowest BCUT2D eigenvalue weighted by Gasteiger charge is -1.99. The summed E-state index contributed by atoms with van der Waals surface area (Å²) in [5.41, 5.74) is 0.486. The Hall–Kier alpha value is -2.04. The van der Waals surface area contributed by atoms with Crippen LogP contribution in [0, 0.1) is 11.6 Å². The number of hydrogen-bond donors (Lipinski definition) is 0. The van der Waals surface area contributed by atoms with E-state index in [0.717, 1.165) is 18.6 Å². The molecule has 2 rings (SSSR count). The first-order valence-electron chi connectivity index (χ1n) is 5.64. The number of hydrogen-bond acceptors (Lipinski definition) is 2. The Balaban J connectivity index is 2.26. The molecule has 1 aromatic carbocycles. The topological polar surface area (TPSA) is 34.9 Å². The normalized spacial score (nSPS) is 10.6. The lowest BCUT2D eigenvalue weighted by Crippen LogP contribution is -2.02. The van der Waals surface area contributed by atoms with Crippen molar-refractivity contribution in [1.29, 1.82) is 0 Å². The highest BCUT2D eigenvalue weighted by atomic mass is 19.2. The highest BCUT2D eigenvalue weighted by Crippen LogP contribution is 2.13. The number of carbonyl (C=O) groups is 1. The molecule has 3 nitrogen and oxygen atoms in total. The van der Waals surface area contributed by atoms with Crippen LogP contribution in [0.1, 0.15) is 29.3 Å². The minimum atomic E-state index is -1.03. The van der Waals surface area contributed by atoms with E-state index in [-0.39, 0.29) is 11.3 Å². The Kier molecular flexibility index (Phi) is 3.50. The summed E-state index contributed by atoms with van der Waals surface area (Å²) in [6.45, 7) is 2.71. The fraction of sp³-hybridized carbons (Fsp3) is 0.231. The first-order chi connectivity index (χ1) is 8.61. The first kappa shape index (κ1) is 12.4. The molecule has 0 aliphatic heterocycles. The van der Waals surface area contributed by atoms with Crippen molar-refractivity contribution >= 4 is 5.78 Å². The molecule has 0 saturated heterocycles. The van der Waals surface area contributed by atoms with Crippen LogP contribution in [-0.4, -0.2) is 15.6 Å². The van der Waals surface area contributed by atoms with E-state index in [0.29, 0.717) is 12.1 Å². The summed E-state index contributed by atoms with van der Waals surface area (Å²) in [7, 11) is 0. The van der Waals surface area contributed by atoms with E-state index in [2.05, 4.69) is 5.10 Å². The van der Waals surface area contributed by atoms with E-state index >= 15 is 0 Å². The SMILES string of the molecule is CCCn1cc(C(=O)c2ccc(F)c(F)c2)cn1. The van der Waals surface area contributed by atoms with Gasteiger partial charge in [-0.3, -0.25) is 9.48 Å². The molecule has 0 bridgehead atoms. The number of aryl methyl sites for hydroxylation is 1. The Morgan fingerprint density at radius 1 is 1.28 bits per heavy atom. The Morgan fingerprint density at radius 2 is 2.06 bits per heavy atom. The number of aromatic nitrogens is 2. The summed E-state index contributed by atoms with van der Waals surface area (Å²) in [6, 6.07) is 3.10. The minimum absolute atomic E-state index is 0.116. The quantitative estimate of drug-likeness (QED) is 0.782. The molecule has 0 saturated carbocycles. The van der Waals surface area contributed by atoms with Gasteiger partial charge < -0.3 is 0 Å². The maximum absolute atomic E-state index is 13.0. The molecule has 94 valence electrons. The third-order valence-corrected chi connectivity index (χ3v) is 2.53. The van der Waals surface area contributed by atoms with Gasteiger partial charge in [-0.15, -0.1) is 0 Å². The molecule has 0 amide bonds. The van der Waals surface area contributed by atoms with Crippen LogP contribution in [0.5, 0.6) is 0 Å². The third kappa shape index (κ3) is 2.45. The van der Waals surface area contributed by atoms with Gasteiger partial charge in [0.15, 0.2) is 17.4 Å². The molecule has 1 aromatic heterocycles. The molecule has 0 spiro atoms. The fourth-order valence-corrected chi connectivity index (χ4v) is 1.64. The van der Waals surface area contributed by atoms with Gasteiger partial charge in [0.1, 0.15) is 0 Å². The maximum atomic E-state index is 13.0. The highest BCUT2D eigenvalue weighted by Gasteiger charge is 2.13. The van der Waals surface area contributed by atoms with E-state index in [1.54, 1.807) is 10.9 Å². The van der Waals surface area contributed by atoms with Gasteiger partial charge in [-0.1, -0.05) is 6.92 Å². The van der Waals surface area contributed by atoms with E-state index in [9.17, 15) is 13.6 Å².